The lowest BCUT2D eigenvalue weighted by Crippen LogP contribution is -2.60. The molecular formula is C41H70N6O10S. The fourth-order valence-corrected chi connectivity index (χ4v) is 8.65. The van der Waals surface area contributed by atoms with E-state index in [-0.39, 0.29) is 40.9 Å². The van der Waals surface area contributed by atoms with Gasteiger partial charge in [-0.2, -0.15) is 0 Å². The van der Waals surface area contributed by atoms with Crippen molar-refractivity contribution in [2.45, 2.75) is 142 Å². The van der Waals surface area contributed by atoms with Gasteiger partial charge in [-0.25, -0.2) is 17.9 Å². The SMILES string of the molecule is CC[C@H](C)[C@@H]([C@@H](CC(=O)N1CCC[C@H]1[C@H](OC)[C@@H](C)C(=O)NS(=O)(=O)c1ccc(N)cc1)OC)N(C)C(=O)[C@@H](NC(=O)[C@H](C(C)C)N(C)C(=O)OC(C)(C)C)C(C)C. The molecule has 5 amide bonds. The molecule has 0 aromatic heterocycles. The minimum absolute atomic E-state index is 0.100. The van der Waals surface area contributed by atoms with Gasteiger partial charge < -0.3 is 35.1 Å². The second-order valence-electron chi connectivity index (χ2n) is 17.1. The number of nitrogen functional groups attached to an aromatic ring is 1. The number of nitrogens with one attached hydrogen (secondary N) is 2. The van der Waals surface area contributed by atoms with Gasteiger partial charge in [0.15, 0.2) is 0 Å². The highest BCUT2D eigenvalue weighted by Gasteiger charge is 2.44. The van der Waals surface area contributed by atoms with Crippen molar-refractivity contribution < 1.29 is 46.6 Å². The van der Waals surface area contributed by atoms with E-state index in [9.17, 15) is 32.4 Å². The fourth-order valence-electron chi connectivity index (χ4n) is 7.58. The molecule has 16 nitrogen and oxygen atoms in total. The predicted molar refractivity (Wildman–Crippen MR) is 222 cm³/mol. The second-order valence-corrected chi connectivity index (χ2v) is 18.8. The molecule has 2 rings (SSSR count). The van der Waals surface area contributed by atoms with Gasteiger partial charge in [-0.1, -0.05) is 54.9 Å². The molecule has 1 fully saturated rings. The molecular weight excluding hydrogens is 769 g/mol. The van der Waals surface area contributed by atoms with Gasteiger partial charge in [-0.05, 0) is 75.6 Å². The lowest BCUT2D eigenvalue weighted by molar-refractivity contribution is -0.148. The van der Waals surface area contributed by atoms with Gasteiger partial charge in [0.2, 0.25) is 23.6 Å². The first-order valence-electron chi connectivity index (χ1n) is 20.1. The van der Waals surface area contributed by atoms with Crippen molar-refractivity contribution in [1.82, 2.24) is 24.7 Å². The van der Waals surface area contributed by atoms with Crippen LogP contribution in [0.3, 0.4) is 0 Å². The van der Waals surface area contributed by atoms with Crippen LogP contribution in [0.4, 0.5) is 10.5 Å². The summed E-state index contributed by atoms with van der Waals surface area (Å²) in [7, 11) is 1.85. The summed E-state index contributed by atoms with van der Waals surface area (Å²) in [6.45, 7) is 18.4. The lowest BCUT2D eigenvalue weighted by atomic mass is 9.89. The molecule has 1 heterocycles. The van der Waals surface area contributed by atoms with Crippen LogP contribution in [0, 0.1) is 23.7 Å². The zero-order chi connectivity index (χ0) is 44.4. The molecule has 1 aliphatic rings. The molecule has 0 spiro atoms. The molecule has 58 heavy (non-hydrogen) atoms. The number of rotatable bonds is 19. The predicted octanol–water partition coefficient (Wildman–Crippen LogP) is 4.03. The first-order valence-corrected chi connectivity index (χ1v) is 21.6. The number of benzene rings is 1. The Labute approximate surface area is 346 Å². The molecule has 8 atom stereocenters. The summed E-state index contributed by atoms with van der Waals surface area (Å²) in [5, 5.41) is 2.92. The van der Waals surface area contributed by atoms with Crippen molar-refractivity contribution in [3.63, 3.8) is 0 Å². The average Bonchev–Trinajstić information content (AvgIpc) is 3.62. The highest BCUT2D eigenvalue weighted by molar-refractivity contribution is 7.90. The quantitative estimate of drug-likeness (QED) is 0.170. The van der Waals surface area contributed by atoms with Gasteiger partial charge in [0.25, 0.3) is 10.0 Å². The Morgan fingerprint density at radius 2 is 1.50 bits per heavy atom. The maximum atomic E-state index is 14.4. The number of likely N-dealkylation sites (tertiary alicyclic amines) is 1. The van der Waals surface area contributed by atoms with Gasteiger partial charge in [-0.3, -0.25) is 24.1 Å². The van der Waals surface area contributed by atoms with Crippen LogP contribution in [0.1, 0.15) is 94.9 Å². The third-order valence-corrected chi connectivity index (χ3v) is 12.3. The molecule has 1 aromatic rings. The van der Waals surface area contributed by atoms with Gasteiger partial charge in [0.05, 0.1) is 41.5 Å². The summed E-state index contributed by atoms with van der Waals surface area (Å²) in [4.78, 5) is 73.1. The Hall–Kier alpha value is -3.96. The van der Waals surface area contributed by atoms with Crippen molar-refractivity contribution in [3.05, 3.63) is 24.3 Å². The van der Waals surface area contributed by atoms with Crippen LogP contribution in [-0.2, 0) is 43.4 Å². The number of amides is 5. The van der Waals surface area contributed by atoms with E-state index in [0.717, 1.165) is 0 Å². The number of nitrogens with two attached hydrogens (primary N) is 1. The van der Waals surface area contributed by atoms with Crippen LogP contribution in [0.25, 0.3) is 0 Å². The Morgan fingerprint density at radius 3 is 1.98 bits per heavy atom. The average molecular weight is 839 g/mol. The Balaban J connectivity index is 2.32. The van der Waals surface area contributed by atoms with Gasteiger partial charge in [0.1, 0.15) is 17.7 Å². The van der Waals surface area contributed by atoms with E-state index in [2.05, 4.69) is 10.0 Å². The fraction of sp³-hybridized carbons (Fsp3) is 0.732. The Kier molecular flexibility index (Phi) is 18.5. The number of nitrogens with zero attached hydrogens (tertiary/aromatic N) is 3. The maximum Gasteiger partial charge on any atom is 0.410 e. The van der Waals surface area contributed by atoms with Crippen molar-refractivity contribution in [1.29, 1.82) is 0 Å². The minimum atomic E-state index is -4.20. The summed E-state index contributed by atoms with van der Waals surface area (Å²) in [5.74, 6) is -3.66. The number of carbonyl (C=O) groups excluding carboxylic acids is 5. The number of hydrogen-bond acceptors (Lipinski definition) is 11. The van der Waals surface area contributed by atoms with E-state index in [1.807, 2.05) is 41.5 Å². The lowest BCUT2D eigenvalue weighted by Gasteiger charge is -2.41. The standard InChI is InChI=1S/C41H70N6O10S/c1-15-26(6)35(45(11)39(51)33(24(2)3)43-38(50)34(25(4)5)46(12)40(52)57-41(8,9)10)31(55-13)23-32(48)47-22-16-17-30(47)36(56-14)27(7)37(49)44-58(53,54)29-20-18-28(42)19-21-29/h18-21,24-27,30-31,33-36H,15-17,22-23,42H2,1-14H3,(H,43,50)(H,44,49)/t26-,27+,30-,31+,33-,34-,35-,36+/m0/s1. The zero-order valence-electron chi connectivity index (χ0n) is 37.0. The summed E-state index contributed by atoms with van der Waals surface area (Å²) >= 11 is 0. The second kappa shape index (κ2) is 21.3. The van der Waals surface area contributed by atoms with E-state index in [1.54, 1.807) is 44.5 Å². The minimum Gasteiger partial charge on any atom is -0.444 e. The van der Waals surface area contributed by atoms with E-state index >= 15 is 0 Å². The van der Waals surface area contributed by atoms with E-state index in [4.69, 9.17) is 19.9 Å². The van der Waals surface area contributed by atoms with E-state index < -0.39 is 75.8 Å². The summed E-state index contributed by atoms with van der Waals surface area (Å²) in [6, 6.07) is 2.45. The molecule has 0 radical (unpaired) electrons. The highest BCUT2D eigenvalue weighted by atomic mass is 32.2. The topological polar surface area (TPSA) is 207 Å². The van der Waals surface area contributed by atoms with Gasteiger partial charge in [-0.15, -0.1) is 0 Å². The van der Waals surface area contributed by atoms with Crippen molar-refractivity contribution in [2.24, 2.45) is 23.7 Å². The van der Waals surface area contributed by atoms with Crippen LogP contribution in [-0.4, -0.2) is 130 Å². The third-order valence-electron chi connectivity index (χ3n) is 10.9. The number of sulfonamides is 1. The van der Waals surface area contributed by atoms with Crippen molar-refractivity contribution in [3.8, 4) is 0 Å². The monoisotopic (exact) mass is 838 g/mol. The summed E-state index contributed by atoms with van der Waals surface area (Å²) in [6.07, 6.45) is -0.542. The molecule has 0 saturated carbocycles. The highest BCUT2D eigenvalue weighted by Crippen LogP contribution is 2.30. The molecule has 4 N–H and O–H groups in total. The van der Waals surface area contributed by atoms with Crippen molar-refractivity contribution in [2.75, 3.05) is 40.6 Å². The first-order chi connectivity index (χ1) is 26.8. The number of methoxy groups -OCH3 is 2. The Morgan fingerprint density at radius 1 is 0.914 bits per heavy atom. The smallest absolute Gasteiger partial charge is 0.410 e. The van der Waals surface area contributed by atoms with Gasteiger partial charge in [0, 0.05) is 40.5 Å². The third kappa shape index (κ3) is 13.0. The zero-order valence-corrected chi connectivity index (χ0v) is 37.8. The van der Waals surface area contributed by atoms with Crippen LogP contribution in [0.15, 0.2) is 29.2 Å². The molecule has 1 aromatic carbocycles. The first kappa shape index (κ1) is 50.2. The number of hydrogen-bond donors (Lipinski definition) is 3. The van der Waals surface area contributed by atoms with Gasteiger partial charge >= 0.3 is 6.09 Å². The largest absolute Gasteiger partial charge is 0.444 e. The summed E-state index contributed by atoms with van der Waals surface area (Å²) < 4.78 is 45.4. The molecule has 17 heteroatoms. The number of anilines is 1. The van der Waals surface area contributed by atoms with E-state index in [1.165, 1.54) is 50.4 Å². The maximum absolute atomic E-state index is 14.4. The number of ether oxygens (including phenoxy) is 3. The molecule has 1 aliphatic heterocycles. The van der Waals surface area contributed by atoms with Crippen LogP contribution in [0.5, 0.6) is 0 Å². The molecule has 0 bridgehead atoms. The van der Waals surface area contributed by atoms with E-state index in [0.29, 0.717) is 31.5 Å². The molecule has 0 aliphatic carbocycles. The molecule has 1 saturated heterocycles. The number of likely N-dealkylation sites (N-methyl/N-ethyl adjacent to an activating group) is 2. The van der Waals surface area contributed by atoms with Crippen LogP contribution in [0.2, 0.25) is 0 Å². The Bertz CT molecular complexity index is 1670. The molecule has 330 valence electrons. The normalized spacial score (nSPS) is 18.4. The number of carbonyl (C=O) groups is 5. The van der Waals surface area contributed by atoms with Crippen LogP contribution < -0.4 is 15.8 Å². The van der Waals surface area contributed by atoms with Crippen molar-refractivity contribution >= 4 is 45.4 Å². The summed E-state index contributed by atoms with van der Waals surface area (Å²) in [5.41, 5.74) is 5.29. The van der Waals surface area contributed by atoms with Crippen LogP contribution >= 0.6 is 0 Å². The molecule has 0 unspecified atom stereocenters.